The summed E-state index contributed by atoms with van der Waals surface area (Å²) >= 11 is 0. The Balaban J connectivity index is 1.25. The zero-order valence-corrected chi connectivity index (χ0v) is 21.6. The Kier molecular flexibility index (Phi) is 6.49. The number of benzene rings is 2. The number of aliphatic hydroxyl groups is 1. The summed E-state index contributed by atoms with van der Waals surface area (Å²) in [4.78, 5) is 50.8. The number of imidazole rings is 1. The molecule has 0 aliphatic carbocycles. The van der Waals surface area contributed by atoms with Gasteiger partial charge in [-0.1, -0.05) is 29.8 Å². The quantitative estimate of drug-likeness (QED) is 0.222. The van der Waals surface area contributed by atoms with Crippen LogP contribution in [0.2, 0.25) is 0 Å². The van der Waals surface area contributed by atoms with Crippen LogP contribution in [0.25, 0.3) is 22.4 Å². The third-order valence-corrected chi connectivity index (χ3v) is 7.55. The Bertz CT molecular complexity index is 1580. The van der Waals surface area contributed by atoms with Crippen LogP contribution in [-0.4, -0.2) is 62.4 Å². The van der Waals surface area contributed by atoms with E-state index in [9.17, 15) is 19.5 Å². The molecule has 5 N–H and O–H groups in total. The molecule has 2 aliphatic rings. The van der Waals surface area contributed by atoms with Crippen molar-refractivity contribution < 1.29 is 14.7 Å². The fourth-order valence-corrected chi connectivity index (χ4v) is 5.47. The van der Waals surface area contributed by atoms with Gasteiger partial charge in [0.15, 0.2) is 0 Å². The van der Waals surface area contributed by atoms with Crippen molar-refractivity contribution in [2.24, 2.45) is 0 Å². The van der Waals surface area contributed by atoms with E-state index in [0.29, 0.717) is 46.3 Å². The number of rotatable bonds is 8. The summed E-state index contributed by atoms with van der Waals surface area (Å²) in [5.41, 5.74) is 3.92. The van der Waals surface area contributed by atoms with Gasteiger partial charge in [0.1, 0.15) is 11.4 Å². The van der Waals surface area contributed by atoms with Crippen LogP contribution in [0.3, 0.4) is 0 Å². The van der Waals surface area contributed by atoms with Gasteiger partial charge in [-0.15, -0.1) is 0 Å². The number of imide groups is 1. The fraction of sp³-hybridized carbons (Fsp3) is 0.310. The maximum absolute atomic E-state index is 13.1. The van der Waals surface area contributed by atoms with E-state index in [4.69, 9.17) is 0 Å². The number of anilines is 1. The molecule has 0 radical (unpaired) electrons. The molecule has 10 nitrogen and oxygen atoms in total. The highest BCUT2D eigenvalue weighted by Gasteiger charge is 2.36. The van der Waals surface area contributed by atoms with E-state index in [2.05, 4.69) is 25.6 Å². The minimum Gasteiger partial charge on any atom is -0.387 e. The SMILES string of the molecule is Cc1cccc([C@H](O)CNc2cc[nH]c(=O)c2-c2nc3cc4c(cc3[nH]2)C(=O)N(CCC2CCCN2)C4=O)c1. The van der Waals surface area contributed by atoms with Crippen molar-refractivity contribution in [3.63, 3.8) is 0 Å². The van der Waals surface area contributed by atoms with Crippen molar-refractivity contribution in [1.29, 1.82) is 0 Å². The third-order valence-electron chi connectivity index (χ3n) is 7.55. The molecule has 1 saturated heterocycles. The Morgan fingerprint density at radius 3 is 2.72 bits per heavy atom. The summed E-state index contributed by atoms with van der Waals surface area (Å²) in [6, 6.07) is 12.9. The summed E-state index contributed by atoms with van der Waals surface area (Å²) in [5.74, 6) is -0.326. The van der Waals surface area contributed by atoms with Crippen LogP contribution in [0, 0.1) is 6.92 Å². The summed E-state index contributed by atoms with van der Waals surface area (Å²) in [5, 5.41) is 17.2. The van der Waals surface area contributed by atoms with Gasteiger partial charge in [-0.2, -0.15) is 0 Å². The monoisotopic (exact) mass is 526 g/mol. The highest BCUT2D eigenvalue weighted by atomic mass is 16.3. The number of amides is 2. The topological polar surface area (TPSA) is 143 Å². The summed E-state index contributed by atoms with van der Waals surface area (Å²) in [6.07, 6.45) is 3.65. The molecule has 4 heterocycles. The number of nitrogens with zero attached hydrogens (tertiary/aromatic N) is 2. The van der Waals surface area contributed by atoms with Crippen LogP contribution >= 0.6 is 0 Å². The highest BCUT2D eigenvalue weighted by molar-refractivity contribution is 6.22. The Morgan fingerprint density at radius 2 is 1.95 bits per heavy atom. The number of aromatic amines is 2. The Labute approximate surface area is 224 Å². The number of aromatic nitrogens is 3. The molecule has 200 valence electrons. The van der Waals surface area contributed by atoms with Crippen molar-refractivity contribution in [1.82, 2.24) is 25.2 Å². The lowest BCUT2D eigenvalue weighted by Gasteiger charge is -2.16. The van der Waals surface area contributed by atoms with Crippen molar-refractivity contribution >= 4 is 28.5 Å². The summed E-state index contributed by atoms with van der Waals surface area (Å²) in [6.45, 7) is 3.49. The molecule has 4 aromatic rings. The van der Waals surface area contributed by atoms with Crippen LogP contribution in [0.1, 0.15) is 57.2 Å². The summed E-state index contributed by atoms with van der Waals surface area (Å²) < 4.78 is 0. The molecule has 2 amide bonds. The zero-order valence-electron chi connectivity index (χ0n) is 21.6. The van der Waals surface area contributed by atoms with E-state index in [1.165, 1.54) is 11.1 Å². The van der Waals surface area contributed by atoms with Gasteiger partial charge in [-0.05, 0) is 56.5 Å². The number of aryl methyl sites for hydroxylation is 1. The third kappa shape index (κ3) is 4.73. The van der Waals surface area contributed by atoms with Gasteiger partial charge in [-0.25, -0.2) is 4.98 Å². The zero-order chi connectivity index (χ0) is 27.1. The van der Waals surface area contributed by atoms with E-state index < -0.39 is 6.10 Å². The lowest BCUT2D eigenvalue weighted by atomic mass is 10.1. The van der Waals surface area contributed by atoms with Crippen molar-refractivity contribution in [2.45, 2.75) is 38.3 Å². The standard InChI is InChI=1S/C29H30N6O4/c1-16-4-2-5-17(12-16)24(36)15-32-21-7-10-31-27(37)25(21)26-33-22-13-19-20(14-23(22)34-26)29(39)35(28(19)38)11-8-18-6-3-9-30-18/h2,4-5,7,10,12-14,18,24,30,36H,3,6,8-9,11,15H2,1H3,(H,33,34)(H2,31,32,37)/t18?,24-/m1/s1. The van der Waals surface area contributed by atoms with E-state index in [-0.39, 0.29) is 29.5 Å². The maximum atomic E-state index is 13.1. The molecule has 10 heteroatoms. The number of carbonyl (C=O) groups excluding carboxylic acids is 2. The summed E-state index contributed by atoms with van der Waals surface area (Å²) in [7, 11) is 0. The molecule has 0 saturated carbocycles. The van der Waals surface area contributed by atoms with Gasteiger partial charge >= 0.3 is 0 Å². The van der Waals surface area contributed by atoms with Gasteiger partial charge < -0.3 is 25.7 Å². The number of H-pyrrole nitrogens is 2. The van der Waals surface area contributed by atoms with Gasteiger partial charge in [-0.3, -0.25) is 19.3 Å². The molecule has 0 spiro atoms. The number of hydrogen-bond acceptors (Lipinski definition) is 7. The Morgan fingerprint density at radius 1 is 1.13 bits per heavy atom. The first-order valence-corrected chi connectivity index (χ1v) is 13.2. The molecule has 2 aliphatic heterocycles. The second kappa shape index (κ2) is 10.1. The first-order chi connectivity index (χ1) is 18.9. The van der Waals surface area contributed by atoms with Crippen LogP contribution < -0.4 is 16.2 Å². The lowest BCUT2D eigenvalue weighted by molar-refractivity contribution is 0.0649. The number of hydrogen-bond donors (Lipinski definition) is 5. The fourth-order valence-electron chi connectivity index (χ4n) is 5.47. The molecule has 2 atom stereocenters. The number of aliphatic hydroxyl groups excluding tert-OH is 1. The number of fused-ring (bicyclic) bond motifs is 2. The number of nitrogens with one attached hydrogen (secondary N) is 4. The van der Waals surface area contributed by atoms with Gasteiger partial charge in [0.05, 0.1) is 34.0 Å². The van der Waals surface area contributed by atoms with E-state index >= 15 is 0 Å². The molecule has 0 bridgehead atoms. The second-order valence-electron chi connectivity index (χ2n) is 10.3. The second-order valence-corrected chi connectivity index (χ2v) is 10.3. The van der Waals surface area contributed by atoms with E-state index in [1.807, 2.05) is 31.2 Å². The number of carbonyl (C=O) groups is 2. The molecule has 6 rings (SSSR count). The predicted octanol–water partition coefficient (Wildman–Crippen LogP) is 3.11. The normalized spacial score (nSPS) is 17.7. The minimum atomic E-state index is -0.778. The molecular weight excluding hydrogens is 496 g/mol. The minimum absolute atomic E-state index is 0.184. The first kappa shape index (κ1) is 25.0. The van der Waals surface area contributed by atoms with Crippen molar-refractivity contribution in [2.75, 3.05) is 25.0 Å². The smallest absolute Gasteiger partial charge is 0.261 e. The van der Waals surface area contributed by atoms with Crippen molar-refractivity contribution in [3.8, 4) is 11.4 Å². The molecule has 2 aromatic heterocycles. The van der Waals surface area contributed by atoms with Gasteiger partial charge in [0.25, 0.3) is 17.4 Å². The molecule has 39 heavy (non-hydrogen) atoms. The lowest BCUT2D eigenvalue weighted by Crippen LogP contribution is -2.34. The largest absolute Gasteiger partial charge is 0.387 e. The van der Waals surface area contributed by atoms with Gasteiger partial charge in [0.2, 0.25) is 0 Å². The Hall–Kier alpha value is -4.28. The highest BCUT2D eigenvalue weighted by Crippen LogP contribution is 2.30. The molecule has 2 aromatic carbocycles. The van der Waals surface area contributed by atoms with Gasteiger partial charge in [0, 0.05) is 25.3 Å². The van der Waals surface area contributed by atoms with Crippen LogP contribution in [0.15, 0.2) is 53.5 Å². The average Bonchev–Trinajstić information content (AvgIpc) is 3.64. The first-order valence-electron chi connectivity index (χ1n) is 13.2. The maximum Gasteiger partial charge on any atom is 0.261 e. The average molecular weight is 527 g/mol. The van der Waals surface area contributed by atoms with E-state index in [0.717, 1.165) is 36.9 Å². The molecular formula is C29H30N6O4. The van der Waals surface area contributed by atoms with Crippen LogP contribution in [0.4, 0.5) is 5.69 Å². The molecule has 1 unspecified atom stereocenters. The number of pyridine rings is 1. The molecule has 1 fully saturated rings. The predicted molar refractivity (Wildman–Crippen MR) is 148 cm³/mol. The van der Waals surface area contributed by atoms with Crippen molar-refractivity contribution in [3.05, 3.63) is 81.3 Å². The van der Waals surface area contributed by atoms with Crippen LogP contribution in [0.5, 0.6) is 0 Å². The van der Waals surface area contributed by atoms with E-state index in [1.54, 1.807) is 18.2 Å². The van der Waals surface area contributed by atoms with Crippen LogP contribution in [-0.2, 0) is 0 Å².